The first-order valence-corrected chi connectivity index (χ1v) is 12.0. The monoisotopic (exact) mass is 479 g/mol. The molecule has 2 fully saturated rings. The highest BCUT2D eigenvalue weighted by molar-refractivity contribution is 7.31. The first-order chi connectivity index (χ1) is 15.1. The summed E-state index contributed by atoms with van der Waals surface area (Å²) < 4.78 is 13.0. The maximum atomic E-state index is 13.5. The van der Waals surface area contributed by atoms with Crippen LogP contribution in [0.3, 0.4) is 0 Å². The van der Waals surface area contributed by atoms with Crippen molar-refractivity contribution in [2.24, 2.45) is 33.1 Å². The SMILES string of the molecule is C[C@]12C=CC(=O)CC1=CCC1C2C(=O)C[C@@]2(C)C1CC[C@]2(O)C(=O)COC(=O)OP=NP. The van der Waals surface area contributed by atoms with Gasteiger partial charge < -0.3 is 14.4 Å². The van der Waals surface area contributed by atoms with E-state index < -0.39 is 35.0 Å². The lowest BCUT2D eigenvalue weighted by Crippen LogP contribution is -2.60. The molecule has 0 aromatic rings. The van der Waals surface area contributed by atoms with Gasteiger partial charge in [-0.15, -0.1) is 0 Å². The highest BCUT2D eigenvalue weighted by Crippen LogP contribution is 2.65. The van der Waals surface area contributed by atoms with E-state index in [2.05, 4.69) is 15.1 Å². The van der Waals surface area contributed by atoms with Crippen LogP contribution in [0.5, 0.6) is 0 Å². The van der Waals surface area contributed by atoms with Crippen molar-refractivity contribution in [1.29, 1.82) is 0 Å². The molecule has 4 aliphatic rings. The zero-order valence-electron chi connectivity index (χ0n) is 18.1. The molecular weight excluding hydrogens is 452 g/mol. The van der Waals surface area contributed by atoms with Gasteiger partial charge in [0.15, 0.2) is 12.4 Å². The fourth-order valence-corrected chi connectivity index (χ4v) is 7.04. The van der Waals surface area contributed by atoms with E-state index in [1.807, 2.05) is 29.3 Å². The van der Waals surface area contributed by atoms with Crippen molar-refractivity contribution >= 4 is 41.5 Å². The number of hydrogen-bond acceptors (Lipinski definition) is 8. The fraction of sp³-hybridized carbons (Fsp3) is 0.636. The second kappa shape index (κ2) is 8.23. The maximum Gasteiger partial charge on any atom is 0.518 e. The third kappa shape index (κ3) is 3.43. The lowest BCUT2D eigenvalue weighted by Gasteiger charge is -2.56. The average Bonchev–Trinajstić information content (AvgIpc) is 3.02. The molecule has 7 atom stereocenters. The number of carbonyl (C=O) groups excluding carboxylic acids is 4. The van der Waals surface area contributed by atoms with Crippen LogP contribution >= 0.6 is 18.0 Å². The zero-order valence-corrected chi connectivity index (χ0v) is 20.1. The number of ether oxygens (including phenoxy) is 1. The second-order valence-electron chi connectivity index (χ2n) is 9.68. The van der Waals surface area contributed by atoms with Crippen molar-refractivity contribution in [1.82, 2.24) is 0 Å². The summed E-state index contributed by atoms with van der Waals surface area (Å²) in [6, 6.07) is 0. The highest BCUT2D eigenvalue weighted by atomic mass is 31.1. The van der Waals surface area contributed by atoms with E-state index in [9.17, 15) is 24.3 Å². The molecule has 0 aromatic heterocycles. The van der Waals surface area contributed by atoms with Gasteiger partial charge in [-0.3, -0.25) is 14.4 Å². The molecule has 0 bridgehead atoms. The number of hydrogen-bond donors (Lipinski definition) is 1. The Hall–Kier alpha value is -1.75. The molecule has 32 heavy (non-hydrogen) atoms. The lowest BCUT2D eigenvalue weighted by atomic mass is 9.47. The van der Waals surface area contributed by atoms with Gasteiger partial charge in [0.2, 0.25) is 5.78 Å². The van der Waals surface area contributed by atoms with Gasteiger partial charge >= 0.3 is 6.16 Å². The molecule has 0 heterocycles. The highest BCUT2D eigenvalue weighted by Gasteiger charge is 2.68. The quantitative estimate of drug-likeness (QED) is 0.370. The lowest BCUT2D eigenvalue weighted by molar-refractivity contribution is -0.168. The standard InChI is InChI=1S/C22H27NO7P2/c1-20-7-5-13(24)9-12(20)3-4-14-15-6-8-22(28,21(15,2)10-16(25)18(14)20)17(26)11-29-19(27)30-32-23-31/h3,5,7,14-15,18,28H,4,6,8-11,31H2,1-2H3/t14?,15?,18?,20-,21-,22-/m0/s1. The van der Waals surface area contributed by atoms with Crippen LogP contribution in [0, 0.1) is 28.6 Å². The molecule has 4 rings (SSSR count). The molecular formula is C22H27NO7P2. The molecule has 2 saturated carbocycles. The summed E-state index contributed by atoms with van der Waals surface area (Å²) in [5.41, 5.74) is -2.21. The van der Waals surface area contributed by atoms with Crippen LogP contribution in [0.2, 0.25) is 0 Å². The van der Waals surface area contributed by atoms with Crippen molar-refractivity contribution in [3.63, 3.8) is 0 Å². The molecule has 0 spiro atoms. The molecule has 0 radical (unpaired) electrons. The minimum Gasteiger partial charge on any atom is -0.426 e. The van der Waals surface area contributed by atoms with Crippen LogP contribution in [0.4, 0.5) is 4.79 Å². The van der Waals surface area contributed by atoms with Crippen molar-refractivity contribution < 1.29 is 33.5 Å². The third-order valence-corrected chi connectivity index (χ3v) is 8.92. The van der Waals surface area contributed by atoms with Gasteiger partial charge in [0.1, 0.15) is 11.4 Å². The van der Waals surface area contributed by atoms with Crippen molar-refractivity contribution in [2.45, 2.75) is 51.6 Å². The average molecular weight is 479 g/mol. The van der Waals surface area contributed by atoms with Gasteiger partial charge in [0.05, 0.1) is 0 Å². The molecule has 10 heteroatoms. The Morgan fingerprint density at radius 2 is 2.09 bits per heavy atom. The molecule has 4 unspecified atom stereocenters. The molecule has 0 saturated heterocycles. The van der Waals surface area contributed by atoms with Crippen molar-refractivity contribution in [2.75, 3.05) is 6.61 Å². The van der Waals surface area contributed by atoms with E-state index >= 15 is 0 Å². The van der Waals surface area contributed by atoms with E-state index in [0.717, 1.165) is 5.57 Å². The predicted molar refractivity (Wildman–Crippen MR) is 118 cm³/mol. The molecule has 8 nitrogen and oxygen atoms in total. The minimum absolute atomic E-state index is 0.00941. The summed E-state index contributed by atoms with van der Waals surface area (Å²) in [6.45, 7) is 3.20. The number of carbonyl (C=O) groups is 4. The molecule has 0 aliphatic heterocycles. The van der Waals surface area contributed by atoms with Gasteiger partial charge in [-0.1, -0.05) is 31.6 Å². The van der Waals surface area contributed by atoms with E-state index in [-0.39, 0.29) is 50.8 Å². The molecule has 1 N–H and O–H groups in total. The van der Waals surface area contributed by atoms with Crippen LogP contribution in [-0.4, -0.2) is 40.8 Å². The number of ketones is 3. The summed E-state index contributed by atoms with van der Waals surface area (Å²) in [5.74, 6) is -0.903. The van der Waals surface area contributed by atoms with Gasteiger partial charge in [-0.05, 0) is 46.6 Å². The van der Waals surface area contributed by atoms with Crippen LogP contribution in [-0.2, 0) is 23.6 Å². The summed E-state index contributed by atoms with van der Waals surface area (Å²) in [5, 5.41) is 11.5. The summed E-state index contributed by atoms with van der Waals surface area (Å²) in [4.78, 5) is 50.0. The smallest absolute Gasteiger partial charge is 0.426 e. The van der Waals surface area contributed by atoms with Gasteiger partial charge in [-0.2, -0.15) is 0 Å². The fourth-order valence-electron chi connectivity index (χ4n) is 6.73. The zero-order chi connectivity index (χ0) is 23.3. The Labute approximate surface area is 190 Å². The van der Waals surface area contributed by atoms with Gasteiger partial charge in [0.25, 0.3) is 8.60 Å². The van der Waals surface area contributed by atoms with Crippen LogP contribution in [0.1, 0.15) is 46.0 Å². The molecule has 172 valence electrons. The molecule has 0 aromatic carbocycles. The van der Waals surface area contributed by atoms with E-state index in [1.165, 1.54) is 0 Å². The Morgan fingerprint density at radius 1 is 1.34 bits per heavy atom. The number of allylic oxidation sites excluding steroid dienone is 4. The third-order valence-electron chi connectivity index (χ3n) is 8.31. The molecule has 4 aliphatic carbocycles. The molecule has 0 amide bonds. The van der Waals surface area contributed by atoms with Crippen LogP contribution in [0.15, 0.2) is 28.3 Å². The van der Waals surface area contributed by atoms with E-state index in [4.69, 9.17) is 4.74 Å². The number of aliphatic hydroxyl groups is 1. The number of fused-ring (bicyclic) bond motifs is 5. The summed E-state index contributed by atoms with van der Waals surface area (Å²) in [7, 11) is 2.05. The largest absolute Gasteiger partial charge is 0.518 e. The van der Waals surface area contributed by atoms with Crippen molar-refractivity contribution in [3.8, 4) is 0 Å². The summed E-state index contributed by atoms with van der Waals surface area (Å²) >= 11 is 0. The maximum absolute atomic E-state index is 13.5. The van der Waals surface area contributed by atoms with Crippen LogP contribution < -0.4 is 0 Å². The Balaban J connectivity index is 1.58. The van der Waals surface area contributed by atoms with Crippen molar-refractivity contribution in [3.05, 3.63) is 23.8 Å². The number of nitrogens with zero attached hydrogens (tertiary/aromatic N) is 1. The van der Waals surface area contributed by atoms with E-state index in [0.29, 0.717) is 19.3 Å². The number of Topliss-reactive ketones (excluding diaryl/α,β-unsaturated/α-hetero) is 2. The minimum atomic E-state index is -1.76. The first-order valence-electron chi connectivity index (χ1n) is 10.7. The van der Waals surface area contributed by atoms with Gasteiger partial charge in [-0.25, -0.2) is 9.31 Å². The topological polar surface area (TPSA) is 119 Å². The van der Waals surface area contributed by atoms with E-state index in [1.54, 1.807) is 6.08 Å². The summed E-state index contributed by atoms with van der Waals surface area (Å²) in [6.07, 6.45) is 6.34. The Bertz CT molecular complexity index is 975. The number of rotatable bonds is 4. The first kappa shape index (κ1) is 23.4. The Kier molecular flexibility index (Phi) is 6.02. The predicted octanol–water partition coefficient (Wildman–Crippen LogP) is 3.76. The normalized spacial score (nSPS) is 40.4. The Morgan fingerprint density at radius 3 is 2.81 bits per heavy atom. The van der Waals surface area contributed by atoms with Crippen LogP contribution in [0.25, 0.3) is 0 Å². The second-order valence-corrected chi connectivity index (χ2v) is 11.0. The van der Waals surface area contributed by atoms with Gasteiger partial charge in [0, 0.05) is 29.6 Å².